The van der Waals surface area contributed by atoms with Crippen LogP contribution in [0.15, 0.2) is 24.3 Å². The lowest BCUT2D eigenvalue weighted by Gasteiger charge is -2.40. The first-order valence-electron chi connectivity index (χ1n) is 11.4. The normalized spacial score (nSPS) is 22.9. The second-order valence-electron chi connectivity index (χ2n) is 8.76. The highest BCUT2D eigenvalue weighted by molar-refractivity contribution is 5.93. The first kappa shape index (κ1) is 20.5. The molecule has 5 rings (SSSR count). The van der Waals surface area contributed by atoms with Crippen LogP contribution in [0.25, 0.3) is 0 Å². The highest BCUT2D eigenvalue weighted by Gasteiger charge is 2.32. The van der Waals surface area contributed by atoms with Gasteiger partial charge in [0.25, 0.3) is 5.91 Å². The van der Waals surface area contributed by atoms with Crippen LogP contribution in [-0.2, 0) is 17.9 Å². The van der Waals surface area contributed by atoms with Crippen molar-refractivity contribution in [2.24, 2.45) is 0 Å². The Morgan fingerprint density at radius 1 is 1.06 bits per heavy atom. The number of carbonyl (C=O) groups excluding carboxylic acids is 1. The number of amides is 1. The largest absolute Gasteiger partial charge is 0.497 e. The SMILES string of the molecule is COc1ccc(C2Cn3nnc(C(=O)N4CCN(C5CCCCC5)CC4)c3CO2)cc1. The zero-order valence-electron chi connectivity index (χ0n) is 18.2. The monoisotopic (exact) mass is 425 g/mol. The Labute approximate surface area is 183 Å². The van der Waals surface area contributed by atoms with Gasteiger partial charge in [0.15, 0.2) is 5.69 Å². The van der Waals surface area contributed by atoms with E-state index in [4.69, 9.17) is 9.47 Å². The van der Waals surface area contributed by atoms with Crippen LogP contribution < -0.4 is 4.74 Å². The van der Waals surface area contributed by atoms with Gasteiger partial charge in [-0.25, -0.2) is 4.68 Å². The van der Waals surface area contributed by atoms with Crippen molar-refractivity contribution in [2.75, 3.05) is 33.3 Å². The van der Waals surface area contributed by atoms with Crippen molar-refractivity contribution in [1.29, 1.82) is 0 Å². The molecule has 31 heavy (non-hydrogen) atoms. The third kappa shape index (κ3) is 4.19. The summed E-state index contributed by atoms with van der Waals surface area (Å²) in [5.41, 5.74) is 2.29. The molecule has 2 aromatic rings. The Kier molecular flexibility index (Phi) is 5.91. The molecule has 0 spiro atoms. The lowest BCUT2D eigenvalue weighted by molar-refractivity contribution is -0.00212. The number of nitrogens with zero attached hydrogens (tertiary/aromatic N) is 5. The lowest BCUT2D eigenvalue weighted by Crippen LogP contribution is -2.52. The predicted octanol–water partition coefficient (Wildman–Crippen LogP) is 2.65. The molecule has 8 heteroatoms. The van der Waals surface area contributed by atoms with Gasteiger partial charge in [0.05, 0.1) is 26.0 Å². The van der Waals surface area contributed by atoms with Crippen LogP contribution in [0.4, 0.5) is 0 Å². The van der Waals surface area contributed by atoms with E-state index in [1.54, 1.807) is 7.11 Å². The van der Waals surface area contributed by atoms with Crippen molar-refractivity contribution in [3.63, 3.8) is 0 Å². The molecule has 1 unspecified atom stereocenters. The summed E-state index contributed by atoms with van der Waals surface area (Å²) in [5, 5.41) is 8.52. The third-order valence-corrected chi connectivity index (χ3v) is 6.98. The minimum Gasteiger partial charge on any atom is -0.497 e. The Hall–Kier alpha value is -2.45. The van der Waals surface area contributed by atoms with E-state index in [0.717, 1.165) is 43.2 Å². The quantitative estimate of drug-likeness (QED) is 0.750. The van der Waals surface area contributed by atoms with Crippen LogP contribution in [0.3, 0.4) is 0 Å². The number of hydrogen-bond donors (Lipinski definition) is 0. The molecule has 1 aliphatic carbocycles. The van der Waals surface area contributed by atoms with Crippen molar-refractivity contribution in [1.82, 2.24) is 24.8 Å². The molecule has 0 N–H and O–H groups in total. The Bertz CT molecular complexity index is 898. The van der Waals surface area contributed by atoms with E-state index in [0.29, 0.717) is 24.9 Å². The fourth-order valence-corrected chi connectivity index (χ4v) is 5.08. The van der Waals surface area contributed by atoms with Gasteiger partial charge in [0.1, 0.15) is 11.9 Å². The highest BCUT2D eigenvalue weighted by atomic mass is 16.5. The van der Waals surface area contributed by atoms with Gasteiger partial charge in [-0.15, -0.1) is 5.10 Å². The molecule has 3 aliphatic rings. The molecule has 1 atom stereocenters. The molecular formula is C23H31N5O3. The third-order valence-electron chi connectivity index (χ3n) is 6.98. The van der Waals surface area contributed by atoms with Crippen LogP contribution in [0.2, 0.25) is 0 Å². The molecule has 0 radical (unpaired) electrons. The molecule has 2 aliphatic heterocycles. The van der Waals surface area contributed by atoms with Gasteiger partial charge >= 0.3 is 0 Å². The number of ether oxygens (including phenoxy) is 2. The topological polar surface area (TPSA) is 72.7 Å². The number of benzene rings is 1. The summed E-state index contributed by atoms with van der Waals surface area (Å²) in [7, 11) is 1.65. The molecular weight excluding hydrogens is 394 g/mol. The van der Waals surface area contributed by atoms with Gasteiger partial charge in [-0.2, -0.15) is 0 Å². The maximum absolute atomic E-state index is 13.2. The molecule has 166 valence electrons. The van der Waals surface area contributed by atoms with Crippen LogP contribution in [0.1, 0.15) is 60.0 Å². The second kappa shape index (κ2) is 8.96. The predicted molar refractivity (Wildman–Crippen MR) is 115 cm³/mol. The van der Waals surface area contributed by atoms with E-state index in [9.17, 15) is 4.79 Å². The van der Waals surface area contributed by atoms with Gasteiger partial charge < -0.3 is 14.4 Å². The zero-order chi connectivity index (χ0) is 21.2. The van der Waals surface area contributed by atoms with E-state index >= 15 is 0 Å². The van der Waals surface area contributed by atoms with E-state index in [-0.39, 0.29) is 12.0 Å². The molecule has 8 nitrogen and oxygen atoms in total. The maximum Gasteiger partial charge on any atom is 0.276 e. The molecule has 0 bridgehead atoms. The minimum absolute atomic E-state index is 0.0176. The summed E-state index contributed by atoms with van der Waals surface area (Å²) in [6, 6.07) is 8.57. The smallest absolute Gasteiger partial charge is 0.276 e. The average molecular weight is 426 g/mol. The lowest BCUT2D eigenvalue weighted by atomic mass is 9.94. The first-order valence-corrected chi connectivity index (χ1v) is 11.4. The summed E-state index contributed by atoms with van der Waals surface area (Å²) >= 11 is 0. The van der Waals surface area contributed by atoms with E-state index < -0.39 is 0 Å². The molecule has 1 aromatic carbocycles. The number of piperazine rings is 1. The van der Waals surface area contributed by atoms with Crippen molar-refractivity contribution in [3.05, 3.63) is 41.2 Å². The number of carbonyl (C=O) groups is 1. The molecule has 2 fully saturated rings. The molecule has 3 heterocycles. The molecule has 1 amide bonds. The summed E-state index contributed by atoms with van der Waals surface area (Å²) < 4.78 is 13.1. The van der Waals surface area contributed by atoms with Gasteiger partial charge in [-0.3, -0.25) is 9.69 Å². The molecule has 1 aromatic heterocycles. The molecule has 1 saturated carbocycles. The van der Waals surface area contributed by atoms with Crippen molar-refractivity contribution in [3.8, 4) is 5.75 Å². The van der Waals surface area contributed by atoms with Gasteiger partial charge in [-0.1, -0.05) is 36.6 Å². The fraction of sp³-hybridized carbons (Fsp3) is 0.609. The fourth-order valence-electron chi connectivity index (χ4n) is 5.08. The standard InChI is InChI=1S/C23H31N5O3/c1-30-19-9-7-17(8-10-19)21-15-28-20(16-31-21)22(24-25-28)23(29)27-13-11-26(12-14-27)18-5-3-2-4-6-18/h7-10,18,21H,2-6,11-16H2,1H3. The maximum atomic E-state index is 13.2. The summed E-state index contributed by atoms with van der Waals surface area (Å²) in [5.74, 6) is 0.800. The Balaban J connectivity index is 1.21. The molecule has 1 saturated heterocycles. The van der Waals surface area contributed by atoms with Gasteiger partial charge in [-0.05, 0) is 30.5 Å². The van der Waals surface area contributed by atoms with Crippen molar-refractivity contribution < 1.29 is 14.3 Å². The van der Waals surface area contributed by atoms with E-state index in [1.165, 1.54) is 32.1 Å². The van der Waals surface area contributed by atoms with E-state index in [1.807, 2.05) is 33.8 Å². The number of hydrogen-bond acceptors (Lipinski definition) is 6. The number of fused-ring (bicyclic) bond motifs is 1. The second-order valence-corrected chi connectivity index (χ2v) is 8.76. The minimum atomic E-state index is -0.109. The number of methoxy groups -OCH3 is 1. The van der Waals surface area contributed by atoms with Crippen LogP contribution in [-0.4, -0.2) is 70.0 Å². The zero-order valence-corrected chi connectivity index (χ0v) is 18.2. The number of aromatic nitrogens is 3. The van der Waals surface area contributed by atoms with Gasteiger partial charge in [0, 0.05) is 32.2 Å². The Morgan fingerprint density at radius 3 is 2.52 bits per heavy atom. The van der Waals surface area contributed by atoms with Crippen molar-refractivity contribution >= 4 is 5.91 Å². The summed E-state index contributed by atoms with van der Waals surface area (Å²) in [4.78, 5) is 17.7. The summed E-state index contributed by atoms with van der Waals surface area (Å²) in [6.45, 7) is 4.32. The first-order chi connectivity index (χ1) is 15.2. The van der Waals surface area contributed by atoms with Crippen LogP contribution >= 0.6 is 0 Å². The van der Waals surface area contributed by atoms with Crippen LogP contribution in [0, 0.1) is 0 Å². The van der Waals surface area contributed by atoms with Gasteiger partial charge in [0.2, 0.25) is 0 Å². The summed E-state index contributed by atoms with van der Waals surface area (Å²) in [6.07, 6.45) is 6.55. The average Bonchev–Trinajstić information content (AvgIpc) is 3.27. The Morgan fingerprint density at radius 2 is 1.81 bits per heavy atom. The van der Waals surface area contributed by atoms with Crippen molar-refractivity contribution in [2.45, 2.75) is 57.4 Å². The van der Waals surface area contributed by atoms with Crippen LogP contribution in [0.5, 0.6) is 5.75 Å². The highest BCUT2D eigenvalue weighted by Crippen LogP contribution is 2.29. The number of rotatable bonds is 4. The van der Waals surface area contributed by atoms with E-state index in [2.05, 4.69) is 15.2 Å².